The molecule has 4 heteroatoms. The molecule has 2 rings (SSSR count). The van der Waals surface area contributed by atoms with Gasteiger partial charge in [0.2, 0.25) is 5.95 Å². The van der Waals surface area contributed by atoms with Gasteiger partial charge in [0.15, 0.2) is 0 Å². The van der Waals surface area contributed by atoms with Crippen LogP contribution in [0.3, 0.4) is 0 Å². The van der Waals surface area contributed by atoms with Gasteiger partial charge >= 0.3 is 0 Å². The van der Waals surface area contributed by atoms with Crippen molar-refractivity contribution in [3.63, 3.8) is 0 Å². The molecule has 0 aliphatic rings. The minimum atomic E-state index is 0.657. The highest BCUT2D eigenvalue weighted by Gasteiger charge is 2.04. The van der Waals surface area contributed by atoms with E-state index < -0.39 is 0 Å². The second-order valence-electron chi connectivity index (χ2n) is 3.35. The summed E-state index contributed by atoms with van der Waals surface area (Å²) in [5.41, 5.74) is 1.09. The standard InChI is InChI=1S/C12H13N3S/c1-9-8-14-12(13-2)15-11(9)16-10-6-4-3-5-7-10/h3-8H,1-2H3,(H,13,14,15). The number of hydrogen-bond acceptors (Lipinski definition) is 4. The van der Waals surface area contributed by atoms with E-state index in [1.165, 1.54) is 4.90 Å². The van der Waals surface area contributed by atoms with Crippen molar-refractivity contribution in [1.29, 1.82) is 0 Å². The minimum Gasteiger partial charge on any atom is -0.357 e. The van der Waals surface area contributed by atoms with Crippen LogP contribution in [0.25, 0.3) is 0 Å². The van der Waals surface area contributed by atoms with Crippen molar-refractivity contribution in [1.82, 2.24) is 9.97 Å². The number of nitrogens with zero attached hydrogens (tertiary/aromatic N) is 2. The van der Waals surface area contributed by atoms with Gasteiger partial charge in [-0.3, -0.25) is 0 Å². The lowest BCUT2D eigenvalue weighted by molar-refractivity contribution is 1.00. The summed E-state index contributed by atoms with van der Waals surface area (Å²) in [6.45, 7) is 2.02. The largest absolute Gasteiger partial charge is 0.357 e. The van der Waals surface area contributed by atoms with Crippen molar-refractivity contribution in [3.8, 4) is 0 Å². The molecule has 0 saturated heterocycles. The lowest BCUT2D eigenvalue weighted by Gasteiger charge is -2.06. The average molecular weight is 231 g/mol. The molecule has 0 bridgehead atoms. The van der Waals surface area contributed by atoms with Crippen LogP contribution in [0, 0.1) is 6.92 Å². The number of benzene rings is 1. The van der Waals surface area contributed by atoms with Crippen LogP contribution in [0.2, 0.25) is 0 Å². The van der Waals surface area contributed by atoms with E-state index in [0.717, 1.165) is 10.6 Å². The summed E-state index contributed by atoms with van der Waals surface area (Å²) < 4.78 is 0. The van der Waals surface area contributed by atoms with Crippen LogP contribution < -0.4 is 5.32 Å². The fourth-order valence-corrected chi connectivity index (χ4v) is 2.11. The van der Waals surface area contributed by atoms with Gasteiger partial charge in [0.25, 0.3) is 0 Å². The van der Waals surface area contributed by atoms with Gasteiger partial charge in [-0.15, -0.1) is 0 Å². The third-order valence-corrected chi connectivity index (χ3v) is 3.22. The van der Waals surface area contributed by atoms with Crippen LogP contribution >= 0.6 is 11.8 Å². The summed E-state index contributed by atoms with van der Waals surface area (Å²) in [6, 6.07) is 10.2. The number of hydrogen-bond donors (Lipinski definition) is 1. The van der Waals surface area contributed by atoms with Gasteiger partial charge in [-0.25, -0.2) is 9.97 Å². The smallest absolute Gasteiger partial charge is 0.223 e. The molecule has 1 heterocycles. The summed E-state index contributed by atoms with van der Waals surface area (Å²) in [4.78, 5) is 9.78. The number of nitrogens with one attached hydrogen (secondary N) is 1. The van der Waals surface area contributed by atoms with E-state index in [-0.39, 0.29) is 0 Å². The molecule has 0 aliphatic carbocycles. The summed E-state index contributed by atoms with van der Waals surface area (Å²) in [7, 11) is 1.82. The Labute approximate surface area is 99.3 Å². The highest BCUT2D eigenvalue weighted by Crippen LogP contribution is 2.28. The zero-order valence-corrected chi connectivity index (χ0v) is 10.1. The second-order valence-corrected chi connectivity index (χ2v) is 4.41. The first-order valence-electron chi connectivity index (χ1n) is 5.04. The first-order valence-corrected chi connectivity index (χ1v) is 5.85. The van der Waals surface area contributed by atoms with E-state index in [9.17, 15) is 0 Å². The molecule has 1 aromatic heterocycles. The Bertz CT molecular complexity index is 471. The normalized spacial score (nSPS) is 10.1. The molecule has 0 radical (unpaired) electrons. The topological polar surface area (TPSA) is 37.8 Å². The summed E-state index contributed by atoms with van der Waals surface area (Å²) in [5.74, 6) is 0.657. The molecule has 0 atom stereocenters. The molecule has 0 aliphatic heterocycles. The van der Waals surface area contributed by atoms with Crippen LogP contribution in [0.5, 0.6) is 0 Å². The van der Waals surface area contributed by atoms with E-state index in [1.54, 1.807) is 11.8 Å². The Kier molecular flexibility index (Phi) is 3.41. The van der Waals surface area contributed by atoms with Crippen LogP contribution in [-0.4, -0.2) is 17.0 Å². The van der Waals surface area contributed by atoms with E-state index in [0.29, 0.717) is 5.95 Å². The Morgan fingerprint density at radius 2 is 1.94 bits per heavy atom. The monoisotopic (exact) mass is 231 g/mol. The molecule has 3 nitrogen and oxygen atoms in total. The highest BCUT2D eigenvalue weighted by molar-refractivity contribution is 7.99. The second kappa shape index (κ2) is 4.99. The van der Waals surface area contributed by atoms with Gasteiger partial charge in [-0.1, -0.05) is 30.0 Å². The number of aromatic nitrogens is 2. The molecular formula is C12H13N3S. The molecule has 0 saturated carbocycles. The van der Waals surface area contributed by atoms with Crippen molar-refractivity contribution in [2.45, 2.75) is 16.8 Å². The fourth-order valence-electron chi connectivity index (χ4n) is 1.25. The predicted octanol–water partition coefficient (Wildman–Crippen LogP) is 2.98. The van der Waals surface area contributed by atoms with Crippen LogP contribution in [0.1, 0.15) is 5.56 Å². The quantitative estimate of drug-likeness (QED) is 0.824. The number of aryl methyl sites for hydroxylation is 1. The molecule has 1 aromatic carbocycles. The van der Waals surface area contributed by atoms with Crippen molar-refractivity contribution >= 4 is 17.7 Å². The Morgan fingerprint density at radius 3 is 2.62 bits per heavy atom. The number of rotatable bonds is 3. The third-order valence-electron chi connectivity index (χ3n) is 2.11. The predicted molar refractivity (Wildman–Crippen MR) is 66.9 cm³/mol. The number of anilines is 1. The molecular weight excluding hydrogens is 218 g/mol. The van der Waals surface area contributed by atoms with Crippen molar-refractivity contribution in [3.05, 3.63) is 42.1 Å². The van der Waals surface area contributed by atoms with Gasteiger partial charge in [0.05, 0.1) is 0 Å². The van der Waals surface area contributed by atoms with Crippen molar-refractivity contribution < 1.29 is 0 Å². The van der Waals surface area contributed by atoms with Crippen LogP contribution in [0.4, 0.5) is 5.95 Å². The van der Waals surface area contributed by atoms with Crippen LogP contribution in [-0.2, 0) is 0 Å². The van der Waals surface area contributed by atoms with Crippen molar-refractivity contribution in [2.24, 2.45) is 0 Å². The molecule has 82 valence electrons. The van der Waals surface area contributed by atoms with Gasteiger partial charge in [0, 0.05) is 23.7 Å². The Balaban J connectivity index is 2.27. The van der Waals surface area contributed by atoms with Gasteiger partial charge in [-0.2, -0.15) is 0 Å². The molecule has 0 amide bonds. The first kappa shape index (κ1) is 11.0. The van der Waals surface area contributed by atoms with E-state index in [2.05, 4.69) is 27.4 Å². The lowest BCUT2D eigenvalue weighted by Crippen LogP contribution is -1.98. The summed E-state index contributed by atoms with van der Waals surface area (Å²) >= 11 is 1.65. The zero-order chi connectivity index (χ0) is 11.4. The fraction of sp³-hybridized carbons (Fsp3) is 0.167. The maximum Gasteiger partial charge on any atom is 0.223 e. The van der Waals surface area contributed by atoms with Gasteiger partial charge in [0.1, 0.15) is 5.03 Å². The zero-order valence-electron chi connectivity index (χ0n) is 9.27. The Morgan fingerprint density at radius 1 is 1.19 bits per heavy atom. The molecule has 16 heavy (non-hydrogen) atoms. The average Bonchev–Trinajstić information content (AvgIpc) is 2.33. The maximum atomic E-state index is 4.43. The van der Waals surface area contributed by atoms with Gasteiger partial charge in [-0.05, 0) is 19.1 Å². The minimum absolute atomic E-state index is 0.657. The van der Waals surface area contributed by atoms with E-state index >= 15 is 0 Å². The molecule has 0 spiro atoms. The van der Waals surface area contributed by atoms with Gasteiger partial charge < -0.3 is 5.32 Å². The summed E-state index contributed by atoms with van der Waals surface area (Å²) in [6.07, 6.45) is 1.84. The SMILES string of the molecule is CNc1ncc(C)c(Sc2ccccc2)n1. The van der Waals surface area contributed by atoms with Crippen molar-refractivity contribution in [2.75, 3.05) is 12.4 Å². The molecule has 2 aromatic rings. The van der Waals surface area contributed by atoms with Crippen LogP contribution in [0.15, 0.2) is 46.5 Å². The molecule has 1 N–H and O–H groups in total. The van der Waals surface area contributed by atoms with E-state index in [1.807, 2.05) is 38.4 Å². The van der Waals surface area contributed by atoms with E-state index in [4.69, 9.17) is 0 Å². The maximum absolute atomic E-state index is 4.43. The summed E-state index contributed by atoms with van der Waals surface area (Å²) in [5, 5.41) is 3.94. The first-order chi connectivity index (χ1) is 7.79. The molecule has 0 fully saturated rings. The molecule has 0 unspecified atom stereocenters. The third kappa shape index (κ3) is 2.52. The highest BCUT2D eigenvalue weighted by atomic mass is 32.2. The Hall–Kier alpha value is -1.55. The lowest BCUT2D eigenvalue weighted by atomic mass is 10.4.